The molecule has 5 nitrogen and oxygen atoms in total. The van der Waals surface area contributed by atoms with Gasteiger partial charge in [0.1, 0.15) is 11.8 Å². The number of benzene rings is 2. The summed E-state index contributed by atoms with van der Waals surface area (Å²) in [6.45, 7) is 0. The first-order valence-corrected chi connectivity index (χ1v) is 7.54. The van der Waals surface area contributed by atoms with Crippen LogP contribution in [0.5, 0.6) is 5.75 Å². The van der Waals surface area contributed by atoms with Crippen LogP contribution in [0.25, 0.3) is 0 Å². The van der Waals surface area contributed by atoms with Crippen LogP contribution in [-0.2, 0) is 22.1 Å². The molecule has 0 spiro atoms. The third-order valence-electron chi connectivity index (χ3n) is 3.61. The summed E-state index contributed by atoms with van der Waals surface area (Å²) in [5.41, 5.74) is -0.439. The van der Waals surface area contributed by atoms with E-state index in [-0.39, 0.29) is 23.3 Å². The van der Waals surface area contributed by atoms with Crippen LogP contribution in [0, 0.1) is 0 Å². The minimum atomic E-state index is -4.51. The third kappa shape index (κ3) is 4.98. The Balaban J connectivity index is 2.19. The van der Waals surface area contributed by atoms with E-state index in [1.54, 1.807) is 0 Å². The number of halogens is 3. The molecule has 0 aliphatic heterocycles. The number of nitrogens with one attached hydrogen (secondary N) is 1. The molecule has 0 heterocycles. The Morgan fingerprint density at radius 3 is 2.38 bits per heavy atom. The van der Waals surface area contributed by atoms with E-state index in [1.807, 2.05) is 0 Å². The van der Waals surface area contributed by atoms with Crippen LogP contribution < -0.4 is 5.32 Å². The molecule has 0 radical (unpaired) electrons. The molecule has 26 heavy (non-hydrogen) atoms. The molecule has 1 amide bonds. The average molecular weight is 367 g/mol. The van der Waals surface area contributed by atoms with Gasteiger partial charge in [-0.3, -0.25) is 4.79 Å². The van der Waals surface area contributed by atoms with Crippen LogP contribution in [0.2, 0.25) is 0 Å². The summed E-state index contributed by atoms with van der Waals surface area (Å²) in [4.78, 5) is 24.1. The maximum Gasteiger partial charge on any atom is 0.416 e. The molecule has 0 saturated heterocycles. The fraction of sp³-hybridized carbons (Fsp3) is 0.222. The van der Waals surface area contributed by atoms with E-state index in [0.717, 1.165) is 19.2 Å². The Morgan fingerprint density at radius 1 is 1.15 bits per heavy atom. The Bertz CT molecular complexity index is 788. The smallest absolute Gasteiger partial charge is 0.416 e. The molecule has 0 unspecified atom stereocenters. The number of phenolic OH excluding ortho intramolecular Hbond substituents is 1. The molecule has 8 heteroatoms. The number of methoxy groups -OCH3 is 1. The van der Waals surface area contributed by atoms with Crippen LogP contribution in [0.15, 0.2) is 48.5 Å². The highest BCUT2D eigenvalue weighted by atomic mass is 19.4. The van der Waals surface area contributed by atoms with Crippen molar-refractivity contribution in [2.45, 2.75) is 18.6 Å². The standard InChI is InChI=1S/C18H16F3NO4/c1-26-17(25)15(22-16(24)12-5-7-14(23)8-6-12)10-11-3-2-4-13(9-11)18(19,20)21/h2-9,15,23H,10H2,1H3,(H,22,24)/t15-/m0/s1. The number of alkyl halides is 3. The zero-order chi connectivity index (χ0) is 19.3. The first kappa shape index (κ1) is 19.3. The number of phenols is 1. The van der Waals surface area contributed by atoms with Crippen molar-refractivity contribution >= 4 is 11.9 Å². The monoisotopic (exact) mass is 367 g/mol. The molecule has 0 fully saturated rings. The van der Waals surface area contributed by atoms with E-state index in [9.17, 15) is 27.9 Å². The summed E-state index contributed by atoms with van der Waals surface area (Å²) < 4.78 is 43.1. The van der Waals surface area contributed by atoms with Crippen molar-refractivity contribution in [1.29, 1.82) is 0 Å². The molecular formula is C18H16F3NO4. The highest BCUT2D eigenvalue weighted by molar-refractivity contribution is 5.96. The van der Waals surface area contributed by atoms with Gasteiger partial charge in [0.05, 0.1) is 12.7 Å². The first-order chi connectivity index (χ1) is 12.2. The summed E-state index contributed by atoms with van der Waals surface area (Å²) in [6.07, 6.45) is -4.67. The van der Waals surface area contributed by atoms with Gasteiger partial charge in [0.25, 0.3) is 5.91 Å². The molecule has 2 aromatic carbocycles. The average Bonchev–Trinajstić information content (AvgIpc) is 2.60. The molecule has 0 aliphatic carbocycles. The second-order valence-corrected chi connectivity index (χ2v) is 5.50. The van der Waals surface area contributed by atoms with Crippen LogP contribution in [-0.4, -0.2) is 30.1 Å². The minimum Gasteiger partial charge on any atom is -0.508 e. The molecule has 0 saturated carbocycles. The summed E-state index contributed by atoms with van der Waals surface area (Å²) in [5.74, 6) is -1.43. The van der Waals surface area contributed by atoms with E-state index in [0.29, 0.717) is 0 Å². The van der Waals surface area contributed by atoms with Gasteiger partial charge >= 0.3 is 12.1 Å². The number of aromatic hydroxyl groups is 1. The SMILES string of the molecule is COC(=O)[C@H](Cc1cccc(C(F)(F)F)c1)NC(=O)c1ccc(O)cc1. The van der Waals surface area contributed by atoms with Crippen LogP contribution >= 0.6 is 0 Å². The Labute approximate surface area is 147 Å². The minimum absolute atomic E-state index is 0.0324. The largest absolute Gasteiger partial charge is 0.508 e. The van der Waals surface area contributed by atoms with Crippen LogP contribution in [0.4, 0.5) is 13.2 Å². The van der Waals surface area contributed by atoms with Crippen molar-refractivity contribution in [3.63, 3.8) is 0 Å². The zero-order valence-corrected chi connectivity index (χ0v) is 13.7. The lowest BCUT2D eigenvalue weighted by atomic mass is 10.0. The lowest BCUT2D eigenvalue weighted by molar-refractivity contribution is -0.142. The van der Waals surface area contributed by atoms with Gasteiger partial charge in [-0.05, 0) is 35.9 Å². The topological polar surface area (TPSA) is 75.6 Å². The fourth-order valence-electron chi connectivity index (χ4n) is 2.30. The van der Waals surface area contributed by atoms with Gasteiger partial charge in [-0.15, -0.1) is 0 Å². The quantitative estimate of drug-likeness (QED) is 0.797. The van der Waals surface area contributed by atoms with Crippen molar-refractivity contribution < 1.29 is 32.6 Å². The second-order valence-electron chi connectivity index (χ2n) is 5.50. The molecule has 0 aliphatic rings. The highest BCUT2D eigenvalue weighted by Crippen LogP contribution is 2.29. The molecule has 2 N–H and O–H groups in total. The molecule has 138 valence electrons. The van der Waals surface area contributed by atoms with Crippen molar-refractivity contribution in [3.8, 4) is 5.75 Å². The fourth-order valence-corrected chi connectivity index (χ4v) is 2.30. The summed E-state index contributed by atoms with van der Waals surface area (Å²) in [7, 11) is 1.12. The molecular weight excluding hydrogens is 351 g/mol. The van der Waals surface area contributed by atoms with Gasteiger partial charge in [0, 0.05) is 12.0 Å². The summed E-state index contributed by atoms with van der Waals surface area (Å²) in [5, 5.41) is 11.7. The molecule has 0 aromatic heterocycles. The number of carbonyl (C=O) groups is 2. The maximum absolute atomic E-state index is 12.8. The highest BCUT2D eigenvalue weighted by Gasteiger charge is 2.31. The van der Waals surface area contributed by atoms with Crippen molar-refractivity contribution in [2.75, 3.05) is 7.11 Å². The summed E-state index contributed by atoms with van der Waals surface area (Å²) in [6, 6.07) is 8.64. The third-order valence-corrected chi connectivity index (χ3v) is 3.61. The number of hydrogen-bond donors (Lipinski definition) is 2. The van der Waals surface area contributed by atoms with E-state index >= 15 is 0 Å². The number of hydrogen-bond acceptors (Lipinski definition) is 4. The Kier molecular flexibility index (Phi) is 5.86. The second kappa shape index (κ2) is 7.90. The van der Waals surface area contributed by atoms with Crippen molar-refractivity contribution in [1.82, 2.24) is 5.32 Å². The van der Waals surface area contributed by atoms with Gasteiger partial charge in [-0.2, -0.15) is 13.2 Å². The van der Waals surface area contributed by atoms with Gasteiger partial charge in [0.2, 0.25) is 0 Å². The van der Waals surface area contributed by atoms with E-state index < -0.39 is 29.7 Å². The normalized spacial score (nSPS) is 12.3. The zero-order valence-electron chi connectivity index (χ0n) is 13.7. The van der Waals surface area contributed by atoms with Crippen molar-refractivity contribution in [3.05, 3.63) is 65.2 Å². The van der Waals surface area contributed by atoms with Gasteiger partial charge in [-0.25, -0.2) is 4.79 Å². The van der Waals surface area contributed by atoms with Gasteiger partial charge in [0.15, 0.2) is 0 Å². The number of rotatable bonds is 5. The Morgan fingerprint density at radius 2 is 1.81 bits per heavy atom. The first-order valence-electron chi connectivity index (χ1n) is 7.54. The summed E-state index contributed by atoms with van der Waals surface area (Å²) >= 11 is 0. The molecule has 2 rings (SSSR count). The molecule has 1 atom stereocenters. The number of carbonyl (C=O) groups excluding carboxylic acids is 2. The van der Waals surface area contributed by atoms with E-state index in [2.05, 4.69) is 10.1 Å². The van der Waals surface area contributed by atoms with Crippen LogP contribution in [0.1, 0.15) is 21.5 Å². The van der Waals surface area contributed by atoms with Crippen molar-refractivity contribution in [2.24, 2.45) is 0 Å². The van der Waals surface area contributed by atoms with E-state index in [4.69, 9.17) is 0 Å². The predicted molar refractivity (Wildman–Crippen MR) is 86.5 cm³/mol. The number of esters is 1. The Hall–Kier alpha value is -3.03. The number of ether oxygens (including phenoxy) is 1. The van der Waals surface area contributed by atoms with E-state index in [1.165, 1.54) is 36.4 Å². The lowest BCUT2D eigenvalue weighted by Gasteiger charge is -2.17. The predicted octanol–water partition coefficient (Wildman–Crippen LogP) is 2.93. The maximum atomic E-state index is 12.8. The van der Waals surface area contributed by atoms with Gasteiger partial charge in [-0.1, -0.05) is 18.2 Å². The molecule has 0 bridgehead atoms. The lowest BCUT2D eigenvalue weighted by Crippen LogP contribution is -2.43. The number of amides is 1. The van der Waals surface area contributed by atoms with Crippen LogP contribution in [0.3, 0.4) is 0 Å². The molecule has 2 aromatic rings. The van der Waals surface area contributed by atoms with Gasteiger partial charge < -0.3 is 15.2 Å².